The molecule has 4 fully saturated rings. The van der Waals surface area contributed by atoms with Gasteiger partial charge in [0, 0.05) is 12.0 Å². The Morgan fingerprint density at radius 1 is 0.945 bits per heavy atom. The van der Waals surface area contributed by atoms with E-state index in [0.29, 0.717) is 32.1 Å². The Bertz CT molecular complexity index is 1440. The number of rotatable bonds is 13. The smallest absolute Gasteiger partial charge is 0.408 e. The number of carbonyl (C=O) groups excluding carboxylic acids is 2. The first-order valence-electron chi connectivity index (χ1n) is 20.6. The highest BCUT2D eigenvalue weighted by molar-refractivity contribution is 5.81. The minimum atomic E-state index is -1.03. The highest BCUT2D eigenvalue weighted by Gasteiger charge is 2.71. The average molecular weight is 780 g/mol. The summed E-state index contributed by atoms with van der Waals surface area (Å²) < 4.78 is 11.8. The molecule has 0 spiro atoms. The Kier molecular flexibility index (Phi) is 13.0. The fourth-order valence-electron chi connectivity index (χ4n) is 12.3. The molecule has 0 aromatic carbocycles. The number of nitrogens with two attached hydrogens (primary N) is 1. The van der Waals surface area contributed by atoms with Crippen LogP contribution in [0.1, 0.15) is 153 Å². The van der Waals surface area contributed by atoms with Crippen molar-refractivity contribution in [3.63, 3.8) is 0 Å². The first-order chi connectivity index (χ1) is 25.1. The van der Waals surface area contributed by atoms with Gasteiger partial charge >= 0.3 is 12.1 Å². The predicted molar refractivity (Wildman–Crippen MR) is 210 cm³/mol. The molecule has 0 aliphatic heterocycles. The molecule has 14 heteroatoms. The molecular weight excluding hydrogens is 706 g/mol. The number of nitrogens with one attached hydrogen (secondary N) is 2. The summed E-state index contributed by atoms with van der Waals surface area (Å²) in [6.07, 6.45) is 6.57. The van der Waals surface area contributed by atoms with Crippen molar-refractivity contribution in [1.29, 1.82) is 0 Å². The number of carbonyl (C=O) groups is 2. The van der Waals surface area contributed by atoms with Gasteiger partial charge in [0.25, 0.3) is 5.96 Å². The number of amides is 1. The Hall–Kier alpha value is -2.71. The van der Waals surface area contributed by atoms with Gasteiger partial charge in [-0.05, 0) is 159 Å². The molecule has 14 nitrogen and oxygen atoms in total. The molecule has 7 N–H and O–H groups in total. The lowest BCUT2D eigenvalue weighted by molar-refractivity contribution is -0.525. The number of guanidine groups is 1. The van der Waals surface area contributed by atoms with E-state index < -0.39 is 57.6 Å². The fraction of sp³-hybridized carbons (Fsp3) is 0.927. The van der Waals surface area contributed by atoms with Crippen molar-refractivity contribution in [2.24, 2.45) is 56.1 Å². The highest BCUT2D eigenvalue weighted by atomic mass is 16.7. The molecule has 4 saturated carbocycles. The summed E-state index contributed by atoms with van der Waals surface area (Å²) in [5.74, 6) is -0.506. The van der Waals surface area contributed by atoms with Crippen LogP contribution >= 0.6 is 0 Å². The van der Waals surface area contributed by atoms with E-state index in [9.17, 15) is 35.0 Å². The summed E-state index contributed by atoms with van der Waals surface area (Å²) in [6, 6.07) is -1.03. The van der Waals surface area contributed by atoms with Gasteiger partial charge in [-0.2, -0.15) is 0 Å². The average Bonchev–Trinajstić information content (AvgIpc) is 3.40. The Balaban J connectivity index is 1.51. The van der Waals surface area contributed by atoms with Gasteiger partial charge in [0.2, 0.25) is 0 Å². The van der Waals surface area contributed by atoms with Crippen molar-refractivity contribution in [3.05, 3.63) is 10.1 Å². The van der Waals surface area contributed by atoms with E-state index in [1.807, 2.05) is 6.92 Å². The van der Waals surface area contributed by atoms with E-state index >= 15 is 0 Å². The fourth-order valence-corrected chi connectivity index (χ4v) is 12.3. The van der Waals surface area contributed by atoms with Gasteiger partial charge in [0.05, 0.1) is 17.3 Å². The molecule has 0 aromatic rings. The van der Waals surface area contributed by atoms with Crippen LogP contribution in [0.4, 0.5) is 4.79 Å². The zero-order valence-corrected chi connectivity index (χ0v) is 35.5. The molecule has 0 unspecified atom stereocenters. The molecule has 0 heterocycles. The summed E-state index contributed by atoms with van der Waals surface area (Å²) in [5.41, 5.74) is 4.10. The van der Waals surface area contributed by atoms with Crippen LogP contribution in [0.3, 0.4) is 0 Å². The van der Waals surface area contributed by atoms with Crippen LogP contribution in [0.15, 0.2) is 4.99 Å². The van der Waals surface area contributed by atoms with Crippen molar-refractivity contribution in [3.8, 4) is 0 Å². The van der Waals surface area contributed by atoms with E-state index in [2.05, 4.69) is 44.9 Å². The molecule has 1 amide bonds. The molecule has 0 bridgehead atoms. The van der Waals surface area contributed by atoms with E-state index in [1.165, 1.54) is 0 Å². The van der Waals surface area contributed by atoms with Crippen LogP contribution in [-0.4, -0.2) is 80.0 Å². The van der Waals surface area contributed by atoms with Gasteiger partial charge in [-0.3, -0.25) is 0 Å². The van der Waals surface area contributed by atoms with Crippen LogP contribution in [0.25, 0.3) is 0 Å². The number of aliphatic hydroxyl groups excluding tert-OH is 1. The number of hydrogen-bond donors (Lipinski definition) is 6. The highest BCUT2D eigenvalue weighted by Crippen LogP contribution is 2.76. The monoisotopic (exact) mass is 780 g/mol. The number of esters is 1. The second kappa shape index (κ2) is 15.9. The largest absolute Gasteiger partial charge is 0.460 e. The van der Waals surface area contributed by atoms with Crippen molar-refractivity contribution in [2.75, 3.05) is 6.54 Å². The van der Waals surface area contributed by atoms with Crippen molar-refractivity contribution in [2.45, 2.75) is 188 Å². The Morgan fingerprint density at radius 2 is 1.58 bits per heavy atom. The summed E-state index contributed by atoms with van der Waals surface area (Å²) >= 11 is 0. The number of alkyl carbamates (subject to hydrolysis) is 1. The van der Waals surface area contributed by atoms with E-state index in [0.717, 1.165) is 38.5 Å². The number of hydrogen-bond acceptors (Lipinski definition) is 10. The standard InChI is InChI=1S/C41H73N5O9/c1-35(2,3)55-34(49)44-26(14-12-23-43-33(42)45-46(52)53)32(48)54-30-17-20-38(8)28(37(30,6)7)16-22-39(9)29(38)24-27(47)31-25(15-21-40(31,39)10)41(11,51)19-13-18-36(4,5)50/h25-31,47,50-51H,12-24H2,1-11H3,(H,44,49)(H3,42,43,45)/t25-,26-,27+,28-,29+,30-,31-,38-,39+,40+,41-/m0/s1. The molecule has 11 atom stereocenters. The maximum Gasteiger partial charge on any atom is 0.408 e. The molecule has 4 aliphatic rings. The van der Waals surface area contributed by atoms with Crippen molar-refractivity contribution < 1.29 is 39.4 Å². The molecule has 316 valence electrons. The third kappa shape index (κ3) is 9.54. The third-order valence-corrected chi connectivity index (χ3v) is 15.0. The van der Waals surface area contributed by atoms with Gasteiger partial charge < -0.3 is 35.8 Å². The lowest BCUT2D eigenvalue weighted by Gasteiger charge is -2.70. The number of fused-ring (bicyclic) bond motifs is 5. The second-order valence-corrected chi connectivity index (χ2v) is 20.7. The van der Waals surface area contributed by atoms with Crippen LogP contribution in [0.2, 0.25) is 0 Å². The van der Waals surface area contributed by atoms with E-state index in [1.54, 1.807) is 40.0 Å². The third-order valence-electron chi connectivity index (χ3n) is 15.0. The summed E-state index contributed by atoms with van der Waals surface area (Å²) in [7, 11) is 0. The number of nitro groups is 1. The summed E-state index contributed by atoms with van der Waals surface area (Å²) in [4.78, 5) is 41.3. The molecule has 4 aliphatic carbocycles. The SMILES string of the molecule is CC(C)(O)CCC[C@](C)(O)[C@H]1CC[C@]2(C)[C@@H]1[C@H](O)C[C@@H]1[C@@]3(C)CC[C@H](OC(=O)[C@H](CCCN=C(N)N[N+](=O)[O-])NC(=O)OC(C)(C)C)C(C)(C)[C@@H]3CC[C@]12C. The number of hydrazine groups is 1. The number of aliphatic imine (C=N–C) groups is 1. The molecule has 0 aromatic heterocycles. The minimum Gasteiger partial charge on any atom is -0.460 e. The lowest BCUT2D eigenvalue weighted by Crippen LogP contribution is -2.67. The van der Waals surface area contributed by atoms with E-state index in [4.69, 9.17) is 15.2 Å². The molecular formula is C41H73N5O9. The van der Waals surface area contributed by atoms with Crippen LogP contribution in [0.5, 0.6) is 0 Å². The van der Waals surface area contributed by atoms with Crippen LogP contribution < -0.4 is 16.5 Å². The predicted octanol–water partition coefficient (Wildman–Crippen LogP) is 6.02. The topological polar surface area (TPSA) is 219 Å². The van der Waals surface area contributed by atoms with Gasteiger partial charge in [0.1, 0.15) is 17.7 Å². The number of aliphatic hydroxyl groups is 3. The van der Waals surface area contributed by atoms with Crippen LogP contribution in [0, 0.1) is 55.4 Å². The molecule has 55 heavy (non-hydrogen) atoms. The van der Waals surface area contributed by atoms with E-state index in [-0.39, 0.29) is 58.8 Å². The minimum absolute atomic E-state index is 0.0165. The first-order valence-corrected chi connectivity index (χ1v) is 20.6. The van der Waals surface area contributed by atoms with Gasteiger partial charge in [-0.15, -0.1) is 0 Å². The normalized spacial score (nSPS) is 36.3. The maximum absolute atomic E-state index is 13.9. The van der Waals surface area contributed by atoms with Gasteiger partial charge in [0.15, 0.2) is 5.03 Å². The zero-order chi connectivity index (χ0) is 41.6. The first kappa shape index (κ1) is 45.0. The summed E-state index contributed by atoms with van der Waals surface area (Å²) in [5, 5.41) is 46.9. The Morgan fingerprint density at radius 3 is 2.18 bits per heavy atom. The van der Waals surface area contributed by atoms with Gasteiger partial charge in [-0.25, -0.2) is 24.7 Å². The quantitative estimate of drug-likeness (QED) is 0.0317. The zero-order valence-electron chi connectivity index (χ0n) is 35.5. The van der Waals surface area contributed by atoms with Crippen LogP contribution in [-0.2, 0) is 14.3 Å². The second-order valence-electron chi connectivity index (χ2n) is 20.7. The number of ether oxygens (including phenoxy) is 2. The number of nitrogens with zero attached hydrogens (tertiary/aromatic N) is 2. The Labute approximate surface area is 328 Å². The lowest BCUT2D eigenvalue weighted by atomic mass is 9.35. The van der Waals surface area contributed by atoms with Crippen molar-refractivity contribution >= 4 is 18.0 Å². The molecule has 0 radical (unpaired) electrons. The summed E-state index contributed by atoms with van der Waals surface area (Å²) in [6.45, 7) is 22.4. The molecule has 0 saturated heterocycles. The maximum atomic E-state index is 13.9. The molecule has 4 rings (SSSR count). The van der Waals surface area contributed by atoms with Gasteiger partial charge in [-0.1, -0.05) is 40.0 Å². The van der Waals surface area contributed by atoms with Crippen molar-refractivity contribution in [1.82, 2.24) is 10.7 Å².